The molecule has 17 heavy (non-hydrogen) atoms. The number of rotatable bonds is 4. The predicted molar refractivity (Wildman–Crippen MR) is 67.7 cm³/mol. The molecule has 0 spiro atoms. The van der Waals surface area contributed by atoms with Crippen LogP contribution in [-0.4, -0.2) is 41.0 Å². The fourth-order valence-corrected chi connectivity index (χ4v) is 1.54. The van der Waals surface area contributed by atoms with Crippen molar-refractivity contribution in [3.05, 3.63) is 23.3 Å². The van der Waals surface area contributed by atoms with Crippen LogP contribution in [0.5, 0.6) is 11.5 Å². The van der Waals surface area contributed by atoms with Gasteiger partial charge in [-0.15, -0.1) is 0 Å². The van der Waals surface area contributed by atoms with Crippen molar-refractivity contribution in [3.8, 4) is 11.5 Å². The summed E-state index contributed by atoms with van der Waals surface area (Å²) in [7, 11) is 14.2. The molecule has 1 rings (SSSR count). The second-order valence-corrected chi connectivity index (χ2v) is 3.87. The number of methoxy groups -OCH3 is 2. The van der Waals surface area contributed by atoms with Gasteiger partial charge >= 0.3 is 0 Å². The summed E-state index contributed by atoms with van der Waals surface area (Å²) in [6.07, 6.45) is 0. The van der Waals surface area contributed by atoms with Gasteiger partial charge in [0.1, 0.15) is 19.3 Å². The van der Waals surface area contributed by atoms with Crippen molar-refractivity contribution >= 4 is 15.7 Å². The molecule has 0 aliphatic carbocycles. The number of hydrogen-bond donors (Lipinski definition) is 2. The smallest absolute Gasteiger partial charge is 0.124 e. The van der Waals surface area contributed by atoms with Crippen molar-refractivity contribution in [2.45, 2.75) is 18.4 Å². The Morgan fingerprint density at radius 3 is 2.24 bits per heavy atom. The maximum absolute atomic E-state index is 10.1. The second-order valence-electron chi connectivity index (χ2n) is 3.87. The molecule has 2 atom stereocenters. The molecule has 4 nitrogen and oxygen atoms in total. The highest BCUT2D eigenvalue weighted by Crippen LogP contribution is 2.34. The largest absolute Gasteiger partial charge is 0.496 e. The van der Waals surface area contributed by atoms with E-state index in [0.29, 0.717) is 11.5 Å². The first-order chi connectivity index (χ1) is 7.84. The van der Waals surface area contributed by atoms with Gasteiger partial charge in [0, 0.05) is 5.56 Å². The molecule has 4 radical (unpaired) electrons. The Labute approximate surface area is 104 Å². The molecule has 0 fully saturated rings. The first kappa shape index (κ1) is 13.9. The summed E-state index contributed by atoms with van der Waals surface area (Å²) in [6.45, 7) is 1.85. The summed E-state index contributed by atoms with van der Waals surface area (Å²) in [5, 5.41) is 10.1. The molecule has 0 aliphatic rings. The van der Waals surface area contributed by atoms with Crippen LogP contribution in [0.15, 0.2) is 12.1 Å². The van der Waals surface area contributed by atoms with Crippen molar-refractivity contribution in [2.24, 2.45) is 5.73 Å². The quantitative estimate of drug-likeness (QED) is 0.703. The summed E-state index contributed by atoms with van der Waals surface area (Å²) >= 11 is 0. The lowest BCUT2D eigenvalue weighted by molar-refractivity contribution is 0.120. The van der Waals surface area contributed by atoms with Crippen LogP contribution in [0.4, 0.5) is 0 Å². The van der Waals surface area contributed by atoms with E-state index in [1.54, 1.807) is 12.1 Å². The molecule has 1 aromatic rings. The molecule has 0 saturated carbocycles. The zero-order valence-corrected chi connectivity index (χ0v) is 10.2. The van der Waals surface area contributed by atoms with Gasteiger partial charge < -0.3 is 20.3 Å². The van der Waals surface area contributed by atoms with Gasteiger partial charge in [-0.1, -0.05) is 0 Å². The van der Waals surface area contributed by atoms with Gasteiger partial charge in [-0.3, -0.25) is 0 Å². The van der Waals surface area contributed by atoms with E-state index in [0.717, 1.165) is 5.56 Å². The molecule has 2 unspecified atom stereocenters. The number of hydrogen-bond acceptors (Lipinski definition) is 4. The van der Waals surface area contributed by atoms with Gasteiger partial charge in [0.15, 0.2) is 0 Å². The molecule has 0 bridgehead atoms. The van der Waals surface area contributed by atoms with Crippen LogP contribution < -0.4 is 15.2 Å². The third kappa shape index (κ3) is 2.58. The number of aryl methyl sites for hydroxylation is 1. The normalized spacial score (nSPS) is 16.1. The van der Waals surface area contributed by atoms with E-state index in [4.69, 9.17) is 30.9 Å². The third-order valence-electron chi connectivity index (χ3n) is 2.66. The molecule has 3 N–H and O–H groups in total. The summed E-state index contributed by atoms with van der Waals surface area (Å²) in [6, 6.07) is 3.27. The lowest BCUT2D eigenvalue weighted by Gasteiger charge is -2.31. The number of benzene rings is 1. The first-order valence-electron chi connectivity index (χ1n) is 5.10. The summed E-state index contributed by atoms with van der Waals surface area (Å²) in [5.41, 5.74) is 4.72. The van der Waals surface area contributed by atoms with Crippen LogP contribution in [-0.2, 0) is 5.50 Å². The van der Waals surface area contributed by atoms with Gasteiger partial charge in [0.25, 0.3) is 0 Å². The minimum Gasteiger partial charge on any atom is -0.496 e. The second kappa shape index (κ2) is 5.02. The first-order valence-corrected chi connectivity index (χ1v) is 5.10. The lowest BCUT2D eigenvalue weighted by atomic mass is 9.64. The molecular weight excluding hydrogens is 216 g/mol. The molecule has 88 valence electrons. The SMILES string of the molecule is [B]C(N)C([B])(O)c1cc(OC)c(C)cc1OC. The highest BCUT2D eigenvalue weighted by atomic mass is 16.5. The van der Waals surface area contributed by atoms with E-state index in [2.05, 4.69) is 0 Å². The van der Waals surface area contributed by atoms with E-state index < -0.39 is 11.4 Å². The van der Waals surface area contributed by atoms with Crippen molar-refractivity contribution in [1.29, 1.82) is 0 Å². The Hall–Kier alpha value is -1.13. The summed E-state index contributed by atoms with van der Waals surface area (Å²) < 4.78 is 10.3. The molecule has 1 aromatic carbocycles. The van der Waals surface area contributed by atoms with Crippen LogP contribution in [0.3, 0.4) is 0 Å². The Kier molecular flexibility index (Phi) is 4.11. The fraction of sp³-hybridized carbons (Fsp3) is 0.455. The highest BCUT2D eigenvalue weighted by Gasteiger charge is 2.30. The molecule has 0 aromatic heterocycles. The van der Waals surface area contributed by atoms with Crippen LogP contribution >= 0.6 is 0 Å². The van der Waals surface area contributed by atoms with Gasteiger partial charge in [0.05, 0.1) is 27.6 Å². The molecule has 0 aliphatic heterocycles. The van der Waals surface area contributed by atoms with Gasteiger partial charge in [0.2, 0.25) is 0 Å². The molecular formula is C11H15B2NO3. The minimum absolute atomic E-state index is 0.289. The fourth-order valence-electron chi connectivity index (χ4n) is 1.54. The minimum atomic E-state index is -1.88. The topological polar surface area (TPSA) is 64.7 Å². The molecule has 6 heteroatoms. The maximum Gasteiger partial charge on any atom is 0.124 e. The Balaban J connectivity index is 3.40. The van der Waals surface area contributed by atoms with Crippen molar-refractivity contribution < 1.29 is 14.6 Å². The van der Waals surface area contributed by atoms with Gasteiger partial charge in [-0.05, 0) is 30.6 Å². The van der Waals surface area contributed by atoms with Crippen LogP contribution in [0.25, 0.3) is 0 Å². The maximum atomic E-state index is 10.1. The van der Waals surface area contributed by atoms with E-state index >= 15 is 0 Å². The van der Waals surface area contributed by atoms with Crippen molar-refractivity contribution in [3.63, 3.8) is 0 Å². The number of ether oxygens (including phenoxy) is 2. The molecule has 0 saturated heterocycles. The Morgan fingerprint density at radius 2 is 1.82 bits per heavy atom. The van der Waals surface area contributed by atoms with E-state index in [-0.39, 0.29) is 5.56 Å². The van der Waals surface area contributed by atoms with E-state index in [1.165, 1.54) is 14.2 Å². The Bertz CT molecular complexity index is 408. The standard InChI is InChI=1S/C11H15B2NO3/c1-6-4-9(17-3)7(5-8(6)16-2)11(13,15)10(12)14/h4-5,10,15H,14H2,1-3H3. The molecule has 0 heterocycles. The zero-order valence-electron chi connectivity index (χ0n) is 10.2. The van der Waals surface area contributed by atoms with E-state index in [9.17, 15) is 5.11 Å². The molecule has 0 amide bonds. The summed E-state index contributed by atoms with van der Waals surface area (Å²) in [5.74, 6) is -0.150. The average molecular weight is 231 g/mol. The highest BCUT2D eigenvalue weighted by molar-refractivity contribution is 6.23. The summed E-state index contributed by atoms with van der Waals surface area (Å²) in [4.78, 5) is 0. The van der Waals surface area contributed by atoms with Crippen LogP contribution in [0.1, 0.15) is 11.1 Å². The van der Waals surface area contributed by atoms with E-state index in [1.807, 2.05) is 6.92 Å². The van der Waals surface area contributed by atoms with Crippen molar-refractivity contribution in [2.75, 3.05) is 14.2 Å². The van der Waals surface area contributed by atoms with Gasteiger partial charge in [-0.2, -0.15) is 0 Å². The van der Waals surface area contributed by atoms with Crippen LogP contribution in [0, 0.1) is 6.92 Å². The lowest BCUT2D eigenvalue weighted by Crippen LogP contribution is -2.46. The average Bonchev–Trinajstić information content (AvgIpc) is 2.27. The zero-order chi connectivity index (χ0) is 13.2. The number of nitrogens with two attached hydrogens (primary N) is 1. The predicted octanol–water partition coefficient (Wildman–Crippen LogP) is -0.221. The monoisotopic (exact) mass is 231 g/mol. The van der Waals surface area contributed by atoms with Crippen LogP contribution in [0.2, 0.25) is 0 Å². The Morgan fingerprint density at radius 1 is 1.29 bits per heavy atom. The van der Waals surface area contributed by atoms with Crippen molar-refractivity contribution in [1.82, 2.24) is 0 Å². The van der Waals surface area contributed by atoms with Gasteiger partial charge in [-0.25, -0.2) is 0 Å². The third-order valence-corrected chi connectivity index (χ3v) is 2.66. The number of aliphatic hydroxyl groups is 1.